The lowest BCUT2D eigenvalue weighted by Gasteiger charge is -2.38. The standard InChI is InChI=1S/C37H45NO6/c1-5-25(2)35(29-12-7-6-8-13-29)36(41)38-21-10-9-16-32(38)37(42)44-33(20-19-28-18-17-26(3)27(4)22-28)30-14-11-15-31(23-30)43-24-34(39)40/h6-8,11-15,17-18,22-23,25,32-33,35H,5,9-10,16,19-21,24H2,1-4H3,(H,39,40)/t25?,32-,33+,35?/m0/s1. The molecule has 0 aromatic heterocycles. The van der Waals surface area contributed by atoms with Crippen molar-refractivity contribution in [2.24, 2.45) is 5.92 Å². The number of aryl methyl sites for hydroxylation is 3. The van der Waals surface area contributed by atoms with E-state index in [2.05, 4.69) is 45.9 Å². The maximum absolute atomic E-state index is 14.2. The number of carbonyl (C=O) groups excluding carboxylic acids is 2. The highest BCUT2D eigenvalue weighted by molar-refractivity contribution is 5.89. The number of carbonyl (C=O) groups is 3. The molecule has 0 radical (unpaired) electrons. The molecule has 1 aliphatic heterocycles. The van der Waals surface area contributed by atoms with E-state index >= 15 is 0 Å². The predicted molar refractivity (Wildman–Crippen MR) is 171 cm³/mol. The first-order valence-electron chi connectivity index (χ1n) is 15.7. The highest BCUT2D eigenvalue weighted by Crippen LogP contribution is 2.34. The van der Waals surface area contributed by atoms with E-state index in [-0.39, 0.29) is 17.7 Å². The van der Waals surface area contributed by atoms with Crippen LogP contribution in [0.1, 0.15) is 85.8 Å². The summed E-state index contributed by atoms with van der Waals surface area (Å²) in [6, 6.07) is 22.6. The number of aliphatic carboxylic acids is 1. The zero-order valence-electron chi connectivity index (χ0n) is 26.3. The summed E-state index contributed by atoms with van der Waals surface area (Å²) in [7, 11) is 0. The van der Waals surface area contributed by atoms with E-state index in [1.54, 1.807) is 23.1 Å². The van der Waals surface area contributed by atoms with E-state index in [1.165, 1.54) is 11.1 Å². The molecule has 1 saturated heterocycles. The van der Waals surface area contributed by atoms with Crippen molar-refractivity contribution in [1.29, 1.82) is 0 Å². The zero-order chi connectivity index (χ0) is 31.6. The van der Waals surface area contributed by atoms with Crippen LogP contribution < -0.4 is 4.74 Å². The van der Waals surface area contributed by atoms with Gasteiger partial charge in [0.2, 0.25) is 5.91 Å². The Kier molecular flexibility index (Phi) is 11.6. The van der Waals surface area contributed by atoms with Gasteiger partial charge in [-0.2, -0.15) is 0 Å². The second-order valence-electron chi connectivity index (χ2n) is 12.0. The first kappa shape index (κ1) is 32.8. The van der Waals surface area contributed by atoms with Crippen molar-refractivity contribution in [3.63, 3.8) is 0 Å². The summed E-state index contributed by atoms with van der Waals surface area (Å²) in [6.45, 7) is 8.39. The van der Waals surface area contributed by atoms with E-state index in [9.17, 15) is 14.4 Å². The number of benzene rings is 3. The van der Waals surface area contributed by atoms with Gasteiger partial charge in [-0.3, -0.25) is 4.79 Å². The fraction of sp³-hybridized carbons (Fsp3) is 0.432. The minimum Gasteiger partial charge on any atom is -0.482 e. The molecule has 1 N–H and O–H groups in total. The number of hydrogen-bond acceptors (Lipinski definition) is 5. The van der Waals surface area contributed by atoms with Crippen LogP contribution >= 0.6 is 0 Å². The molecular weight excluding hydrogens is 554 g/mol. The van der Waals surface area contributed by atoms with Crippen LogP contribution in [0.15, 0.2) is 72.8 Å². The van der Waals surface area contributed by atoms with Crippen LogP contribution in [0, 0.1) is 19.8 Å². The van der Waals surface area contributed by atoms with Crippen LogP contribution in [0.25, 0.3) is 0 Å². The van der Waals surface area contributed by atoms with Gasteiger partial charge in [0.25, 0.3) is 0 Å². The summed E-state index contributed by atoms with van der Waals surface area (Å²) in [4.78, 5) is 41.0. The van der Waals surface area contributed by atoms with Gasteiger partial charge in [-0.05, 0) is 91.8 Å². The molecule has 4 atom stereocenters. The molecule has 4 rings (SSSR count). The van der Waals surface area contributed by atoms with Crippen LogP contribution in [-0.2, 0) is 25.5 Å². The summed E-state index contributed by atoms with van der Waals surface area (Å²) >= 11 is 0. The third-order valence-electron chi connectivity index (χ3n) is 8.81. The molecule has 0 spiro atoms. The fourth-order valence-electron chi connectivity index (χ4n) is 5.95. The summed E-state index contributed by atoms with van der Waals surface area (Å²) in [5, 5.41) is 9.07. The minimum atomic E-state index is -1.07. The Morgan fingerprint density at radius 1 is 0.932 bits per heavy atom. The molecule has 2 unspecified atom stereocenters. The van der Waals surface area contributed by atoms with E-state index in [0.717, 1.165) is 36.0 Å². The number of esters is 1. The molecule has 1 heterocycles. The lowest BCUT2D eigenvalue weighted by atomic mass is 9.83. The van der Waals surface area contributed by atoms with Gasteiger partial charge >= 0.3 is 11.9 Å². The first-order valence-corrected chi connectivity index (χ1v) is 15.7. The number of nitrogens with zero attached hydrogens (tertiary/aromatic N) is 1. The van der Waals surface area contributed by atoms with E-state index < -0.39 is 30.7 Å². The van der Waals surface area contributed by atoms with Gasteiger partial charge in [-0.15, -0.1) is 0 Å². The van der Waals surface area contributed by atoms with Crippen molar-refractivity contribution in [2.75, 3.05) is 13.2 Å². The number of carboxylic acids is 1. The lowest BCUT2D eigenvalue weighted by molar-refractivity contribution is -0.163. The molecule has 0 aliphatic carbocycles. The van der Waals surface area contributed by atoms with Crippen LogP contribution in [0.4, 0.5) is 0 Å². The molecule has 7 nitrogen and oxygen atoms in total. The number of amides is 1. The quantitative estimate of drug-likeness (QED) is 0.209. The monoisotopic (exact) mass is 599 g/mol. The van der Waals surface area contributed by atoms with Gasteiger partial charge in [0, 0.05) is 6.54 Å². The first-order chi connectivity index (χ1) is 21.2. The van der Waals surface area contributed by atoms with Gasteiger partial charge in [0.1, 0.15) is 17.9 Å². The highest BCUT2D eigenvalue weighted by atomic mass is 16.5. The fourth-order valence-corrected chi connectivity index (χ4v) is 5.95. The van der Waals surface area contributed by atoms with Gasteiger partial charge in [-0.25, -0.2) is 9.59 Å². The maximum atomic E-state index is 14.2. The molecule has 0 saturated carbocycles. The largest absolute Gasteiger partial charge is 0.482 e. The van der Waals surface area contributed by atoms with Crippen molar-refractivity contribution in [3.8, 4) is 5.75 Å². The van der Waals surface area contributed by atoms with Gasteiger partial charge < -0.3 is 19.5 Å². The Morgan fingerprint density at radius 2 is 1.68 bits per heavy atom. The highest BCUT2D eigenvalue weighted by Gasteiger charge is 2.39. The second-order valence-corrected chi connectivity index (χ2v) is 12.0. The Hall–Kier alpha value is -4.13. The molecule has 234 valence electrons. The molecule has 1 fully saturated rings. The van der Waals surface area contributed by atoms with Crippen LogP contribution in [0.5, 0.6) is 5.75 Å². The average molecular weight is 600 g/mol. The van der Waals surface area contributed by atoms with E-state index in [4.69, 9.17) is 14.6 Å². The smallest absolute Gasteiger partial charge is 0.341 e. The van der Waals surface area contributed by atoms with Crippen molar-refractivity contribution in [2.45, 2.75) is 84.3 Å². The summed E-state index contributed by atoms with van der Waals surface area (Å²) < 4.78 is 11.7. The number of carboxylic acid groups (broad SMARTS) is 1. The molecule has 1 amide bonds. The van der Waals surface area contributed by atoms with Crippen molar-refractivity contribution >= 4 is 17.8 Å². The number of likely N-dealkylation sites (tertiary alicyclic amines) is 1. The number of hydrogen-bond donors (Lipinski definition) is 1. The van der Waals surface area contributed by atoms with Crippen LogP contribution in [-0.4, -0.2) is 47.0 Å². The molecule has 3 aromatic rings. The summed E-state index contributed by atoms with van der Waals surface area (Å²) in [6.07, 6.45) is 3.68. The Labute approximate surface area is 261 Å². The van der Waals surface area contributed by atoms with Crippen molar-refractivity contribution < 1.29 is 29.0 Å². The number of ether oxygens (including phenoxy) is 2. The Morgan fingerprint density at radius 3 is 2.39 bits per heavy atom. The zero-order valence-corrected chi connectivity index (χ0v) is 26.3. The van der Waals surface area contributed by atoms with Crippen LogP contribution in [0.3, 0.4) is 0 Å². The average Bonchev–Trinajstić information content (AvgIpc) is 3.04. The SMILES string of the molecule is CCC(C)C(C(=O)N1CCCC[C@H]1C(=O)O[C@H](CCc1ccc(C)c(C)c1)c1cccc(OCC(=O)O)c1)c1ccccc1. The third-order valence-corrected chi connectivity index (χ3v) is 8.81. The predicted octanol–water partition coefficient (Wildman–Crippen LogP) is 7.19. The van der Waals surface area contributed by atoms with Gasteiger partial charge in [0.15, 0.2) is 6.61 Å². The minimum absolute atomic E-state index is 0.0250. The molecule has 0 bridgehead atoms. The Balaban J connectivity index is 1.59. The summed E-state index contributed by atoms with van der Waals surface area (Å²) in [5.41, 5.74) is 5.25. The maximum Gasteiger partial charge on any atom is 0.341 e. The van der Waals surface area contributed by atoms with E-state index in [0.29, 0.717) is 31.6 Å². The molecular formula is C37H45NO6. The van der Waals surface area contributed by atoms with Crippen LogP contribution in [0.2, 0.25) is 0 Å². The molecule has 3 aromatic carbocycles. The molecule has 44 heavy (non-hydrogen) atoms. The number of piperidine rings is 1. The molecule has 7 heteroatoms. The van der Waals surface area contributed by atoms with E-state index in [1.807, 2.05) is 36.4 Å². The Bertz CT molecular complexity index is 1420. The van der Waals surface area contributed by atoms with Gasteiger partial charge in [-0.1, -0.05) is 80.9 Å². The van der Waals surface area contributed by atoms with Crippen molar-refractivity contribution in [3.05, 3.63) is 101 Å². The topological polar surface area (TPSA) is 93.1 Å². The normalized spacial score (nSPS) is 16.9. The third kappa shape index (κ3) is 8.49. The summed E-state index contributed by atoms with van der Waals surface area (Å²) in [5.74, 6) is -1.33. The van der Waals surface area contributed by atoms with Crippen molar-refractivity contribution in [1.82, 2.24) is 4.90 Å². The number of rotatable bonds is 13. The lowest BCUT2D eigenvalue weighted by Crippen LogP contribution is -2.51. The van der Waals surface area contributed by atoms with Gasteiger partial charge in [0.05, 0.1) is 5.92 Å². The second kappa shape index (κ2) is 15.6. The molecule has 1 aliphatic rings.